The number of piperidine rings is 1. The van der Waals surface area contributed by atoms with E-state index < -0.39 is 4.92 Å². The van der Waals surface area contributed by atoms with Gasteiger partial charge in [0.15, 0.2) is 0 Å². The molecule has 1 N–H and O–H groups in total. The summed E-state index contributed by atoms with van der Waals surface area (Å²) in [6.07, 6.45) is 3.34. The Morgan fingerprint density at radius 1 is 1.32 bits per heavy atom. The van der Waals surface area contributed by atoms with E-state index in [-0.39, 0.29) is 30.0 Å². The molecule has 28 heavy (non-hydrogen) atoms. The summed E-state index contributed by atoms with van der Waals surface area (Å²) in [7, 11) is 0. The largest absolute Gasteiger partial charge is 0.381 e. The van der Waals surface area contributed by atoms with Crippen molar-refractivity contribution in [2.75, 3.05) is 13.1 Å². The fourth-order valence-electron chi connectivity index (χ4n) is 3.41. The molecule has 0 atom stereocenters. The number of hydrogen-bond donors (Lipinski definition) is 1. The zero-order valence-corrected chi connectivity index (χ0v) is 15.8. The number of aromatic nitrogens is 2. The molecule has 1 aliphatic rings. The number of imidazole rings is 1. The zero-order chi connectivity index (χ0) is 20.1. The third-order valence-corrected chi connectivity index (χ3v) is 5.00. The van der Waals surface area contributed by atoms with Gasteiger partial charge in [-0.15, -0.1) is 0 Å². The van der Waals surface area contributed by atoms with Crippen LogP contribution in [0.4, 0.5) is 10.2 Å². The van der Waals surface area contributed by atoms with Crippen molar-refractivity contribution >= 4 is 11.7 Å². The molecule has 0 unspecified atom stereocenters. The Hall–Kier alpha value is -2.81. The van der Waals surface area contributed by atoms with Crippen LogP contribution < -0.4 is 5.32 Å². The lowest BCUT2D eigenvalue weighted by Crippen LogP contribution is -2.44. The van der Waals surface area contributed by atoms with Crippen LogP contribution in [0.1, 0.15) is 30.7 Å². The second kappa shape index (κ2) is 8.92. The van der Waals surface area contributed by atoms with Crippen LogP contribution >= 0.6 is 0 Å². The molecule has 150 valence electrons. The lowest BCUT2D eigenvalue weighted by atomic mass is 10.0. The maximum absolute atomic E-state index is 13.0. The SMILES string of the molecule is Cc1nc([N+](=O)[O-])cn1CCC(=O)NC1CCN(Cc2ccc(F)cc2)CC1. The molecular weight excluding hydrogens is 365 g/mol. The minimum atomic E-state index is -0.538. The highest BCUT2D eigenvalue weighted by Gasteiger charge is 2.21. The van der Waals surface area contributed by atoms with E-state index in [1.807, 2.05) is 0 Å². The van der Waals surface area contributed by atoms with Gasteiger partial charge < -0.3 is 20.0 Å². The fourth-order valence-corrected chi connectivity index (χ4v) is 3.41. The van der Waals surface area contributed by atoms with Gasteiger partial charge in [0.05, 0.1) is 0 Å². The molecule has 0 radical (unpaired) electrons. The lowest BCUT2D eigenvalue weighted by molar-refractivity contribution is -0.389. The van der Waals surface area contributed by atoms with Gasteiger partial charge in [-0.1, -0.05) is 12.1 Å². The summed E-state index contributed by atoms with van der Waals surface area (Å²) in [6, 6.07) is 6.67. The number of likely N-dealkylation sites (tertiary alicyclic amines) is 1. The van der Waals surface area contributed by atoms with Crippen molar-refractivity contribution in [1.29, 1.82) is 0 Å². The molecule has 1 aromatic heterocycles. The standard InChI is InChI=1S/C19H24FN5O3/c1-14-21-18(25(27)28)13-24(14)11-8-19(26)22-17-6-9-23(10-7-17)12-15-2-4-16(20)5-3-15/h2-5,13,17H,6-12H2,1H3,(H,22,26). The summed E-state index contributed by atoms with van der Waals surface area (Å²) in [5.74, 6) is 0.0263. The van der Waals surface area contributed by atoms with E-state index in [0.29, 0.717) is 12.4 Å². The van der Waals surface area contributed by atoms with Crippen molar-refractivity contribution in [3.05, 3.63) is 57.8 Å². The number of carbonyl (C=O) groups excluding carboxylic acids is 1. The molecule has 2 aromatic rings. The predicted octanol–water partition coefficient (Wildman–Crippen LogP) is 2.41. The average molecular weight is 389 g/mol. The van der Waals surface area contributed by atoms with Crippen LogP contribution in [0.3, 0.4) is 0 Å². The molecule has 0 saturated carbocycles. The Balaban J connectivity index is 1.40. The van der Waals surface area contributed by atoms with Crippen LogP contribution in [0.2, 0.25) is 0 Å². The van der Waals surface area contributed by atoms with E-state index in [1.165, 1.54) is 18.3 Å². The Morgan fingerprint density at radius 2 is 2.00 bits per heavy atom. The quantitative estimate of drug-likeness (QED) is 0.580. The maximum Gasteiger partial charge on any atom is 0.381 e. The lowest BCUT2D eigenvalue weighted by Gasteiger charge is -2.32. The van der Waals surface area contributed by atoms with Gasteiger partial charge in [0, 0.05) is 45.6 Å². The first-order valence-electron chi connectivity index (χ1n) is 9.35. The van der Waals surface area contributed by atoms with Gasteiger partial charge in [-0.25, -0.2) is 4.39 Å². The van der Waals surface area contributed by atoms with Crippen LogP contribution in [-0.2, 0) is 17.9 Å². The molecule has 0 bridgehead atoms. The zero-order valence-electron chi connectivity index (χ0n) is 15.8. The molecule has 2 heterocycles. The second-order valence-corrected chi connectivity index (χ2v) is 7.09. The number of hydrogen-bond acceptors (Lipinski definition) is 5. The smallest absolute Gasteiger partial charge is 0.358 e. The predicted molar refractivity (Wildman–Crippen MR) is 101 cm³/mol. The van der Waals surface area contributed by atoms with E-state index in [4.69, 9.17) is 0 Å². The topological polar surface area (TPSA) is 93.3 Å². The van der Waals surface area contributed by atoms with Gasteiger partial charge in [0.25, 0.3) is 0 Å². The van der Waals surface area contributed by atoms with E-state index >= 15 is 0 Å². The minimum Gasteiger partial charge on any atom is -0.358 e. The summed E-state index contributed by atoms with van der Waals surface area (Å²) >= 11 is 0. The summed E-state index contributed by atoms with van der Waals surface area (Å²) in [6.45, 7) is 4.56. The summed E-state index contributed by atoms with van der Waals surface area (Å²) in [4.78, 5) is 28.6. The van der Waals surface area contributed by atoms with Gasteiger partial charge in [0.2, 0.25) is 11.7 Å². The van der Waals surface area contributed by atoms with E-state index in [0.717, 1.165) is 38.0 Å². The number of benzene rings is 1. The normalized spacial score (nSPS) is 15.5. The van der Waals surface area contributed by atoms with Gasteiger partial charge >= 0.3 is 5.82 Å². The molecule has 3 rings (SSSR count). The number of rotatable bonds is 7. The van der Waals surface area contributed by atoms with E-state index in [1.54, 1.807) is 23.6 Å². The first-order valence-corrected chi connectivity index (χ1v) is 9.35. The van der Waals surface area contributed by atoms with Crippen molar-refractivity contribution in [3.63, 3.8) is 0 Å². The summed E-state index contributed by atoms with van der Waals surface area (Å²) < 4.78 is 14.6. The van der Waals surface area contributed by atoms with Crippen LogP contribution in [0.5, 0.6) is 0 Å². The highest BCUT2D eigenvalue weighted by Crippen LogP contribution is 2.15. The van der Waals surface area contributed by atoms with Crippen LogP contribution in [0.25, 0.3) is 0 Å². The minimum absolute atomic E-state index is 0.0623. The molecule has 8 nitrogen and oxygen atoms in total. The number of nitro groups is 1. The highest BCUT2D eigenvalue weighted by molar-refractivity contribution is 5.76. The van der Waals surface area contributed by atoms with Crippen molar-refractivity contribution in [1.82, 2.24) is 19.8 Å². The Morgan fingerprint density at radius 3 is 2.61 bits per heavy atom. The Kier molecular flexibility index (Phi) is 6.35. The summed E-state index contributed by atoms with van der Waals surface area (Å²) in [5.41, 5.74) is 1.08. The third-order valence-electron chi connectivity index (χ3n) is 5.00. The molecule has 0 aliphatic carbocycles. The Labute approximate surface area is 162 Å². The first-order chi connectivity index (χ1) is 13.4. The molecule has 1 fully saturated rings. The van der Waals surface area contributed by atoms with E-state index in [9.17, 15) is 19.3 Å². The molecule has 9 heteroatoms. The van der Waals surface area contributed by atoms with Crippen molar-refractivity contribution < 1.29 is 14.1 Å². The highest BCUT2D eigenvalue weighted by atomic mass is 19.1. The maximum atomic E-state index is 13.0. The number of aryl methyl sites for hydroxylation is 2. The number of amides is 1. The average Bonchev–Trinajstić information content (AvgIpc) is 3.05. The Bertz CT molecular complexity index is 829. The molecule has 1 aliphatic heterocycles. The van der Waals surface area contributed by atoms with Crippen LogP contribution in [-0.4, -0.2) is 44.4 Å². The van der Waals surface area contributed by atoms with Crippen molar-refractivity contribution in [2.24, 2.45) is 0 Å². The summed E-state index contributed by atoms with van der Waals surface area (Å²) in [5, 5.41) is 13.8. The first kappa shape index (κ1) is 19.9. The second-order valence-electron chi connectivity index (χ2n) is 7.09. The number of halogens is 1. The third kappa shape index (κ3) is 5.35. The van der Waals surface area contributed by atoms with Gasteiger partial charge in [-0.2, -0.15) is 0 Å². The molecular formula is C19H24FN5O3. The van der Waals surface area contributed by atoms with Crippen LogP contribution in [0.15, 0.2) is 30.5 Å². The van der Waals surface area contributed by atoms with Gasteiger partial charge in [0.1, 0.15) is 12.0 Å². The van der Waals surface area contributed by atoms with Gasteiger partial charge in [-0.3, -0.25) is 9.69 Å². The number of carbonyl (C=O) groups is 1. The monoisotopic (exact) mass is 389 g/mol. The fraction of sp³-hybridized carbons (Fsp3) is 0.474. The van der Waals surface area contributed by atoms with E-state index in [2.05, 4.69) is 15.2 Å². The van der Waals surface area contributed by atoms with Gasteiger partial charge in [-0.05, 0) is 40.4 Å². The van der Waals surface area contributed by atoms with Crippen LogP contribution in [0, 0.1) is 22.9 Å². The molecule has 1 amide bonds. The number of nitrogens with one attached hydrogen (secondary N) is 1. The molecule has 1 aromatic carbocycles. The molecule has 0 spiro atoms. The van der Waals surface area contributed by atoms with Crippen molar-refractivity contribution in [2.45, 2.75) is 45.3 Å². The number of nitrogens with zero attached hydrogens (tertiary/aromatic N) is 4. The van der Waals surface area contributed by atoms with Crippen molar-refractivity contribution in [3.8, 4) is 0 Å². The molecule has 1 saturated heterocycles.